The van der Waals surface area contributed by atoms with Gasteiger partial charge in [-0.3, -0.25) is 9.59 Å². The lowest BCUT2D eigenvalue weighted by Gasteiger charge is -2.28. The Bertz CT molecular complexity index is 1210. The summed E-state index contributed by atoms with van der Waals surface area (Å²) in [5.41, 5.74) is 2.99. The number of aromatic nitrogens is 1. The van der Waals surface area contributed by atoms with Gasteiger partial charge in [-0.15, -0.1) is 0 Å². The van der Waals surface area contributed by atoms with Gasteiger partial charge in [-0.2, -0.15) is 0 Å². The molecule has 0 saturated carbocycles. The van der Waals surface area contributed by atoms with Crippen LogP contribution in [-0.4, -0.2) is 40.9 Å². The fraction of sp³-hybridized carbons (Fsp3) is 0.231. The SMILES string of the molecule is CN(C(=O)c1coc2ccccc12)[C@H](CCNC(=O)c1cccn1C)Cc1ccccc1. The maximum absolute atomic E-state index is 13.4. The molecule has 32 heavy (non-hydrogen) atoms. The van der Waals surface area contributed by atoms with Crippen LogP contribution >= 0.6 is 0 Å². The number of aryl methyl sites for hydroxylation is 1. The summed E-state index contributed by atoms with van der Waals surface area (Å²) in [6.07, 6.45) is 4.69. The molecule has 0 aliphatic heterocycles. The lowest BCUT2D eigenvalue weighted by Crippen LogP contribution is -2.41. The van der Waals surface area contributed by atoms with E-state index in [9.17, 15) is 9.59 Å². The number of likely N-dealkylation sites (N-methyl/N-ethyl adjacent to an activating group) is 1. The molecule has 4 aromatic rings. The van der Waals surface area contributed by atoms with Crippen LogP contribution in [0.4, 0.5) is 0 Å². The zero-order chi connectivity index (χ0) is 22.5. The Kier molecular flexibility index (Phi) is 6.40. The van der Waals surface area contributed by atoms with Crippen molar-refractivity contribution in [1.82, 2.24) is 14.8 Å². The Morgan fingerprint density at radius 1 is 1.03 bits per heavy atom. The highest BCUT2D eigenvalue weighted by atomic mass is 16.3. The summed E-state index contributed by atoms with van der Waals surface area (Å²) >= 11 is 0. The molecule has 0 radical (unpaired) electrons. The van der Waals surface area contributed by atoms with Crippen molar-refractivity contribution in [3.8, 4) is 0 Å². The second-order valence-electron chi connectivity index (χ2n) is 7.95. The number of hydrogen-bond acceptors (Lipinski definition) is 3. The van der Waals surface area contributed by atoms with Crippen molar-refractivity contribution in [2.75, 3.05) is 13.6 Å². The molecule has 0 fully saturated rings. The number of rotatable bonds is 8. The third kappa shape index (κ3) is 4.59. The van der Waals surface area contributed by atoms with E-state index >= 15 is 0 Å². The average Bonchev–Trinajstić information content (AvgIpc) is 3.44. The zero-order valence-electron chi connectivity index (χ0n) is 18.3. The van der Waals surface area contributed by atoms with Crippen LogP contribution in [0.2, 0.25) is 0 Å². The number of hydrogen-bond donors (Lipinski definition) is 1. The van der Waals surface area contributed by atoms with E-state index in [-0.39, 0.29) is 17.9 Å². The minimum atomic E-state index is -0.120. The number of fused-ring (bicyclic) bond motifs is 1. The van der Waals surface area contributed by atoms with Gasteiger partial charge in [0.1, 0.15) is 17.5 Å². The van der Waals surface area contributed by atoms with Crippen LogP contribution in [0.1, 0.15) is 32.8 Å². The Morgan fingerprint density at radius 3 is 2.53 bits per heavy atom. The van der Waals surface area contributed by atoms with Crippen molar-refractivity contribution >= 4 is 22.8 Å². The summed E-state index contributed by atoms with van der Waals surface area (Å²) in [5.74, 6) is -0.213. The highest BCUT2D eigenvalue weighted by Gasteiger charge is 2.24. The van der Waals surface area contributed by atoms with Crippen molar-refractivity contribution < 1.29 is 14.0 Å². The Hall–Kier alpha value is -3.80. The highest BCUT2D eigenvalue weighted by Crippen LogP contribution is 2.23. The lowest BCUT2D eigenvalue weighted by molar-refractivity contribution is 0.0724. The number of nitrogens with zero attached hydrogens (tertiary/aromatic N) is 2. The number of benzene rings is 2. The molecule has 6 nitrogen and oxygen atoms in total. The lowest BCUT2D eigenvalue weighted by atomic mass is 10.0. The van der Waals surface area contributed by atoms with Crippen molar-refractivity contribution in [3.05, 3.63) is 96.0 Å². The van der Waals surface area contributed by atoms with Gasteiger partial charge < -0.3 is 19.2 Å². The van der Waals surface area contributed by atoms with Gasteiger partial charge in [0, 0.05) is 38.3 Å². The molecule has 0 aliphatic rings. The third-order valence-electron chi connectivity index (χ3n) is 5.83. The second kappa shape index (κ2) is 9.56. The molecule has 0 unspecified atom stereocenters. The molecule has 4 rings (SSSR count). The smallest absolute Gasteiger partial charge is 0.267 e. The van der Waals surface area contributed by atoms with E-state index in [1.807, 2.05) is 68.8 Å². The first-order chi connectivity index (χ1) is 15.5. The fourth-order valence-electron chi connectivity index (χ4n) is 3.96. The molecule has 164 valence electrons. The average molecular weight is 430 g/mol. The molecular weight excluding hydrogens is 402 g/mol. The summed E-state index contributed by atoms with van der Waals surface area (Å²) < 4.78 is 7.36. The monoisotopic (exact) mass is 429 g/mol. The summed E-state index contributed by atoms with van der Waals surface area (Å²) in [7, 11) is 3.66. The molecule has 2 aromatic carbocycles. The number of carbonyl (C=O) groups is 2. The normalized spacial score (nSPS) is 11.9. The van der Waals surface area contributed by atoms with E-state index < -0.39 is 0 Å². The zero-order valence-corrected chi connectivity index (χ0v) is 18.3. The molecule has 2 amide bonds. The number of nitrogens with one attached hydrogen (secondary N) is 1. The Labute approximate surface area is 187 Å². The van der Waals surface area contributed by atoms with E-state index in [2.05, 4.69) is 17.4 Å². The van der Waals surface area contributed by atoms with Crippen LogP contribution in [0.3, 0.4) is 0 Å². The number of furan rings is 1. The molecule has 2 heterocycles. The van der Waals surface area contributed by atoms with Crippen LogP contribution in [0.15, 0.2) is 83.6 Å². The maximum Gasteiger partial charge on any atom is 0.267 e. The predicted octanol–water partition coefficient (Wildman–Crippen LogP) is 4.27. The molecule has 6 heteroatoms. The predicted molar refractivity (Wildman–Crippen MR) is 125 cm³/mol. The minimum Gasteiger partial charge on any atom is -0.463 e. The summed E-state index contributed by atoms with van der Waals surface area (Å²) in [4.78, 5) is 27.6. The minimum absolute atomic E-state index is 0.0905. The molecule has 0 spiro atoms. The molecular formula is C26H27N3O3. The van der Waals surface area contributed by atoms with Crippen LogP contribution in [0.25, 0.3) is 11.0 Å². The molecule has 0 aliphatic carbocycles. The maximum atomic E-state index is 13.4. The second-order valence-corrected chi connectivity index (χ2v) is 7.95. The Morgan fingerprint density at radius 2 is 1.78 bits per heavy atom. The van der Waals surface area contributed by atoms with Gasteiger partial charge in [-0.25, -0.2) is 0 Å². The number of amides is 2. The fourth-order valence-corrected chi connectivity index (χ4v) is 3.96. The first-order valence-corrected chi connectivity index (χ1v) is 10.7. The van der Waals surface area contributed by atoms with Gasteiger partial charge in [0.15, 0.2) is 0 Å². The quantitative estimate of drug-likeness (QED) is 0.455. The molecule has 0 saturated heterocycles. The number of carbonyl (C=O) groups excluding carboxylic acids is 2. The largest absolute Gasteiger partial charge is 0.463 e. The van der Waals surface area contributed by atoms with Gasteiger partial charge in [0.2, 0.25) is 0 Å². The van der Waals surface area contributed by atoms with Crippen molar-refractivity contribution in [2.24, 2.45) is 7.05 Å². The standard InChI is InChI=1S/C26H27N3O3/c1-28-16-8-12-23(28)25(30)27-15-14-20(17-19-9-4-3-5-10-19)29(2)26(31)22-18-32-24-13-7-6-11-21(22)24/h3-13,16,18,20H,14-15,17H2,1-2H3,(H,27,30)/t20-/m1/s1. The van der Waals surface area contributed by atoms with E-state index in [1.54, 1.807) is 15.5 Å². The topological polar surface area (TPSA) is 67.5 Å². The molecule has 1 atom stereocenters. The first-order valence-electron chi connectivity index (χ1n) is 10.7. The van der Waals surface area contributed by atoms with Gasteiger partial charge >= 0.3 is 0 Å². The van der Waals surface area contributed by atoms with Gasteiger partial charge in [-0.05, 0) is 36.6 Å². The van der Waals surface area contributed by atoms with E-state index in [1.165, 1.54) is 6.26 Å². The van der Waals surface area contributed by atoms with Gasteiger partial charge in [-0.1, -0.05) is 48.5 Å². The van der Waals surface area contributed by atoms with E-state index in [0.717, 1.165) is 10.9 Å². The van der Waals surface area contributed by atoms with Crippen molar-refractivity contribution in [1.29, 1.82) is 0 Å². The molecule has 1 N–H and O–H groups in total. The number of para-hydroxylation sites is 1. The molecule has 0 bridgehead atoms. The third-order valence-corrected chi connectivity index (χ3v) is 5.83. The van der Waals surface area contributed by atoms with E-state index in [0.29, 0.717) is 36.2 Å². The summed E-state index contributed by atoms with van der Waals surface area (Å²) in [5, 5.41) is 3.79. The van der Waals surface area contributed by atoms with Crippen LogP contribution in [0, 0.1) is 0 Å². The van der Waals surface area contributed by atoms with Gasteiger partial charge in [0.25, 0.3) is 11.8 Å². The van der Waals surface area contributed by atoms with E-state index in [4.69, 9.17) is 4.42 Å². The summed E-state index contributed by atoms with van der Waals surface area (Å²) in [6, 6.07) is 21.2. The van der Waals surface area contributed by atoms with Crippen LogP contribution in [0.5, 0.6) is 0 Å². The van der Waals surface area contributed by atoms with Crippen molar-refractivity contribution in [2.45, 2.75) is 18.9 Å². The highest BCUT2D eigenvalue weighted by molar-refractivity contribution is 6.05. The first kappa shape index (κ1) is 21.4. The van der Waals surface area contributed by atoms with Crippen molar-refractivity contribution in [3.63, 3.8) is 0 Å². The van der Waals surface area contributed by atoms with Crippen LogP contribution < -0.4 is 5.32 Å². The molecule has 2 aromatic heterocycles. The summed E-state index contributed by atoms with van der Waals surface area (Å²) in [6.45, 7) is 0.464. The van der Waals surface area contributed by atoms with Gasteiger partial charge in [0.05, 0.1) is 5.56 Å². The van der Waals surface area contributed by atoms with Crippen LogP contribution in [-0.2, 0) is 13.5 Å². The Balaban J connectivity index is 1.49.